The van der Waals surface area contributed by atoms with Gasteiger partial charge in [-0.2, -0.15) is 24.3 Å². The number of pyridine rings is 1. The van der Waals surface area contributed by atoms with Crippen LogP contribution in [0.5, 0.6) is 0 Å². The molecule has 1 radical (unpaired) electrons. The van der Waals surface area contributed by atoms with Crippen molar-refractivity contribution in [3.05, 3.63) is 134 Å². The van der Waals surface area contributed by atoms with E-state index in [1.807, 2.05) is 50.8 Å². The van der Waals surface area contributed by atoms with E-state index >= 15 is 0 Å². The number of hydrogen-bond donors (Lipinski definition) is 0. The Morgan fingerprint density at radius 2 is 1.37 bits per heavy atom. The van der Waals surface area contributed by atoms with Gasteiger partial charge in [-0.1, -0.05) is 29.2 Å². The standard InChI is InChI=1S/2C10H8FN2.C8H6N3.Ir/c2*1-12-5-6-13(8-12)10-4-2-3-9(11)7-10;1-2-5-9-7(3-1)8-4-6-10-11-8;/h2*2-3,5-7H,1H3;1-6H;/q3*-1;. The number of aromatic nitrogens is 7. The molecule has 38 heavy (non-hydrogen) atoms. The van der Waals surface area contributed by atoms with Crippen LogP contribution in [-0.2, 0) is 34.2 Å². The van der Waals surface area contributed by atoms with Crippen LogP contribution >= 0.6 is 0 Å². The Labute approximate surface area is 233 Å². The van der Waals surface area contributed by atoms with E-state index in [4.69, 9.17) is 0 Å². The summed E-state index contributed by atoms with van der Waals surface area (Å²) < 4.78 is 32.5. The fourth-order valence-electron chi connectivity index (χ4n) is 3.09. The van der Waals surface area contributed by atoms with Crippen molar-refractivity contribution < 1.29 is 38.0 Å². The number of nitrogens with zero attached hydrogens (tertiary/aromatic N) is 7. The van der Waals surface area contributed by atoms with Gasteiger partial charge in [-0.05, 0) is 12.1 Å². The second-order valence-corrected chi connectivity index (χ2v) is 7.67. The maximum atomic E-state index is 12.8. The molecule has 0 unspecified atom stereocenters. The van der Waals surface area contributed by atoms with E-state index < -0.39 is 0 Å². The van der Waals surface area contributed by atoms with Crippen molar-refractivity contribution in [2.24, 2.45) is 14.1 Å². The number of benzene rings is 2. The predicted octanol–water partition coefficient (Wildman–Crippen LogP) is 3.18. The largest absolute Gasteiger partial charge is 0.574 e. The molecule has 4 aromatic heterocycles. The third-order valence-corrected chi connectivity index (χ3v) is 4.82. The fraction of sp³-hybridized carbons (Fsp3) is 0.0714. The van der Waals surface area contributed by atoms with Gasteiger partial charge in [0.05, 0.1) is 14.1 Å². The molecule has 0 aliphatic carbocycles. The van der Waals surface area contributed by atoms with E-state index in [2.05, 4.69) is 40.0 Å². The van der Waals surface area contributed by atoms with Gasteiger partial charge in [0.25, 0.3) is 0 Å². The van der Waals surface area contributed by atoms with Gasteiger partial charge in [0.1, 0.15) is 0 Å². The molecule has 6 rings (SSSR count). The molecular weight excluding hydrogens is 665 g/mol. The van der Waals surface area contributed by atoms with Crippen molar-refractivity contribution in [1.29, 1.82) is 0 Å². The zero-order valence-electron chi connectivity index (χ0n) is 20.5. The van der Waals surface area contributed by atoms with Gasteiger partial charge in [0.15, 0.2) is 0 Å². The quantitative estimate of drug-likeness (QED) is 0.213. The number of halogens is 2. The molecule has 0 amide bonds. The summed E-state index contributed by atoms with van der Waals surface area (Å²) in [5.41, 5.74) is 3.00. The van der Waals surface area contributed by atoms with E-state index in [0.29, 0.717) is 11.4 Å². The summed E-state index contributed by atoms with van der Waals surface area (Å²) in [6, 6.07) is 22.0. The zero-order valence-corrected chi connectivity index (χ0v) is 22.9. The molecule has 0 fully saturated rings. The molecule has 0 saturated carbocycles. The fourth-order valence-corrected chi connectivity index (χ4v) is 3.09. The Morgan fingerprint density at radius 3 is 1.76 bits per heavy atom. The van der Waals surface area contributed by atoms with Crippen LogP contribution in [0.25, 0.3) is 22.8 Å². The van der Waals surface area contributed by atoms with Crippen molar-refractivity contribution in [2.75, 3.05) is 0 Å². The molecule has 195 valence electrons. The van der Waals surface area contributed by atoms with Crippen LogP contribution in [0.15, 0.2) is 97.8 Å². The maximum Gasteiger partial charge on any atom is 0.241 e. The minimum atomic E-state index is -0.265. The molecule has 0 N–H and O–H groups in total. The molecule has 0 spiro atoms. The van der Waals surface area contributed by atoms with Gasteiger partial charge in [-0.3, -0.25) is 4.98 Å². The molecular formula is C28H22F2IrN7-3. The van der Waals surface area contributed by atoms with E-state index in [0.717, 1.165) is 11.4 Å². The molecule has 0 aliphatic heterocycles. The first-order valence-electron chi connectivity index (χ1n) is 11.1. The van der Waals surface area contributed by atoms with E-state index in [-0.39, 0.29) is 31.7 Å². The normalized spacial score (nSPS) is 9.89. The second-order valence-electron chi connectivity index (χ2n) is 7.67. The Balaban J connectivity index is 0.000000156. The van der Waals surface area contributed by atoms with Gasteiger partial charge < -0.3 is 28.5 Å². The summed E-state index contributed by atoms with van der Waals surface area (Å²) >= 11 is 0. The van der Waals surface area contributed by atoms with Crippen molar-refractivity contribution in [1.82, 2.24) is 24.3 Å². The van der Waals surface area contributed by atoms with Crippen molar-refractivity contribution in [2.45, 2.75) is 0 Å². The van der Waals surface area contributed by atoms with Crippen molar-refractivity contribution in [3.63, 3.8) is 0 Å². The summed E-state index contributed by atoms with van der Waals surface area (Å²) in [5.74, 6) is -0.531. The van der Waals surface area contributed by atoms with Crippen LogP contribution < -0.4 is 14.2 Å². The summed E-state index contributed by atoms with van der Waals surface area (Å²) in [6.45, 7) is 0. The monoisotopic (exact) mass is 687 g/mol. The number of rotatable bonds is 3. The number of aryl methyl sites for hydroxylation is 2. The number of imidazole rings is 2. The summed E-state index contributed by atoms with van der Waals surface area (Å²) in [5, 5.41) is 7.58. The van der Waals surface area contributed by atoms with Gasteiger partial charge >= 0.3 is 0 Å². The molecule has 0 saturated heterocycles. The van der Waals surface area contributed by atoms with Gasteiger partial charge in [-0.25, -0.2) is 8.78 Å². The smallest absolute Gasteiger partial charge is 0.241 e. The van der Waals surface area contributed by atoms with Gasteiger partial charge in [-0.15, -0.1) is 24.3 Å². The first-order valence-corrected chi connectivity index (χ1v) is 11.1. The van der Waals surface area contributed by atoms with Crippen LogP contribution in [0.1, 0.15) is 0 Å². The van der Waals surface area contributed by atoms with Gasteiger partial charge in [0.2, 0.25) is 12.7 Å². The third-order valence-electron chi connectivity index (χ3n) is 4.82. The summed E-state index contributed by atoms with van der Waals surface area (Å²) in [4.78, 5) is 4.12. The minimum absolute atomic E-state index is 0. The SMILES string of the molecule is C[n+]1[c-]n(-c2[c-]ccc(F)c2)cc1.C[n+]1[c-]n(-c2[c-]ccc(F)c2)cc1.[Ir].c1ccc(-c2ccn[n-]2)nc1. The van der Waals surface area contributed by atoms with Crippen LogP contribution in [0.4, 0.5) is 8.78 Å². The van der Waals surface area contributed by atoms with Crippen LogP contribution in [0.2, 0.25) is 0 Å². The van der Waals surface area contributed by atoms with E-state index in [1.54, 1.807) is 55.2 Å². The number of hydrogen-bond acceptors (Lipinski definition) is 2. The van der Waals surface area contributed by atoms with Crippen molar-refractivity contribution >= 4 is 0 Å². The van der Waals surface area contributed by atoms with Crippen LogP contribution in [0, 0.1) is 36.4 Å². The average molecular weight is 687 g/mol. The molecule has 4 heterocycles. The molecule has 10 heteroatoms. The molecule has 2 aromatic carbocycles. The van der Waals surface area contributed by atoms with E-state index in [1.165, 1.54) is 24.3 Å². The van der Waals surface area contributed by atoms with Crippen LogP contribution in [0.3, 0.4) is 0 Å². The molecule has 0 bridgehead atoms. The van der Waals surface area contributed by atoms with Gasteiger partial charge in [0, 0.05) is 74.6 Å². The Bertz CT molecular complexity index is 1450. The third kappa shape index (κ3) is 8.12. The maximum absolute atomic E-state index is 12.8. The first kappa shape index (κ1) is 28.3. The average Bonchev–Trinajstić information content (AvgIpc) is 3.68. The Hall–Kier alpha value is -4.27. The first-order chi connectivity index (χ1) is 18.0. The van der Waals surface area contributed by atoms with E-state index in [9.17, 15) is 8.78 Å². The summed E-state index contributed by atoms with van der Waals surface area (Å²) in [7, 11) is 3.71. The predicted molar refractivity (Wildman–Crippen MR) is 130 cm³/mol. The molecule has 0 atom stereocenters. The topological polar surface area (TPSA) is 57.5 Å². The molecule has 7 nitrogen and oxygen atoms in total. The Kier molecular flexibility index (Phi) is 10.3. The second kappa shape index (κ2) is 13.9. The Morgan fingerprint density at radius 1 is 0.789 bits per heavy atom. The summed E-state index contributed by atoms with van der Waals surface area (Å²) in [6.07, 6.45) is 16.6. The minimum Gasteiger partial charge on any atom is -0.574 e. The van der Waals surface area contributed by atoms with Crippen LogP contribution in [-0.4, -0.2) is 19.2 Å². The molecule has 0 aliphatic rings. The zero-order chi connectivity index (χ0) is 26.0. The van der Waals surface area contributed by atoms with Crippen molar-refractivity contribution in [3.8, 4) is 22.8 Å². The molecule has 6 aromatic rings.